The standard InChI is InChI=1S/C26H35N3O6S/c1-6-21(25(31)27-26(2,3)4)28(17-19-10-8-7-9-11-19)24(30)18-29(36(5,32)33)20-12-13-22-23(16-20)35-15-14-34-22/h7-13,16,21H,6,14-15,17-18H2,1-5H3,(H,27,31)/t21-/m1/s1. The third kappa shape index (κ3) is 7.13. The highest BCUT2D eigenvalue weighted by molar-refractivity contribution is 7.92. The Hall–Kier alpha value is -3.27. The van der Waals surface area contributed by atoms with Crippen LogP contribution in [0.5, 0.6) is 11.5 Å². The topological polar surface area (TPSA) is 105 Å². The molecule has 0 aromatic heterocycles. The molecule has 0 unspecified atom stereocenters. The monoisotopic (exact) mass is 517 g/mol. The first kappa shape index (κ1) is 27.3. The van der Waals surface area contributed by atoms with Crippen molar-refractivity contribution in [1.82, 2.24) is 10.2 Å². The molecule has 0 radical (unpaired) electrons. The Morgan fingerprint density at radius 3 is 2.25 bits per heavy atom. The number of fused-ring (bicyclic) bond motifs is 1. The number of ether oxygens (including phenoxy) is 2. The second-order valence-electron chi connectivity index (χ2n) is 9.77. The maximum Gasteiger partial charge on any atom is 0.244 e. The van der Waals surface area contributed by atoms with Gasteiger partial charge in [-0.2, -0.15) is 0 Å². The zero-order valence-electron chi connectivity index (χ0n) is 21.5. The van der Waals surface area contributed by atoms with Crippen molar-refractivity contribution in [3.8, 4) is 11.5 Å². The number of nitrogens with one attached hydrogen (secondary N) is 1. The van der Waals surface area contributed by atoms with Gasteiger partial charge in [-0.1, -0.05) is 37.3 Å². The summed E-state index contributed by atoms with van der Waals surface area (Å²) in [4.78, 5) is 28.3. The first-order chi connectivity index (χ1) is 16.9. The number of sulfonamides is 1. The second-order valence-corrected chi connectivity index (χ2v) is 11.7. The SMILES string of the molecule is CC[C@H](C(=O)NC(C)(C)C)N(Cc1ccccc1)C(=O)CN(c1ccc2c(c1)OCCO2)S(C)(=O)=O. The molecule has 1 N–H and O–H groups in total. The zero-order valence-corrected chi connectivity index (χ0v) is 22.3. The second kappa shape index (κ2) is 11.2. The van der Waals surface area contributed by atoms with E-state index in [-0.39, 0.29) is 18.1 Å². The number of carbonyl (C=O) groups is 2. The van der Waals surface area contributed by atoms with Crippen LogP contribution in [0.1, 0.15) is 39.7 Å². The number of anilines is 1. The van der Waals surface area contributed by atoms with Crippen molar-refractivity contribution in [3.63, 3.8) is 0 Å². The van der Waals surface area contributed by atoms with Crippen molar-refractivity contribution >= 4 is 27.5 Å². The molecule has 1 aliphatic heterocycles. The molecule has 2 aromatic rings. The molecule has 196 valence electrons. The van der Waals surface area contributed by atoms with E-state index in [1.165, 1.54) is 4.90 Å². The predicted octanol–water partition coefficient (Wildman–Crippen LogP) is 2.95. The molecule has 0 saturated carbocycles. The Morgan fingerprint density at radius 2 is 1.67 bits per heavy atom. The lowest BCUT2D eigenvalue weighted by molar-refractivity contribution is -0.141. The van der Waals surface area contributed by atoms with Gasteiger partial charge in [0.1, 0.15) is 25.8 Å². The van der Waals surface area contributed by atoms with E-state index in [1.807, 2.05) is 58.0 Å². The Morgan fingerprint density at radius 1 is 1.03 bits per heavy atom. The summed E-state index contributed by atoms with van der Waals surface area (Å²) in [6, 6.07) is 13.3. The third-order valence-corrected chi connectivity index (χ3v) is 6.71. The minimum absolute atomic E-state index is 0.161. The highest BCUT2D eigenvalue weighted by Crippen LogP contribution is 2.34. The minimum Gasteiger partial charge on any atom is -0.486 e. The number of carbonyl (C=O) groups excluding carboxylic acids is 2. The molecule has 1 atom stereocenters. The van der Waals surface area contributed by atoms with Crippen molar-refractivity contribution in [1.29, 1.82) is 0 Å². The molecular weight excluding hydrogens is 482 g/mol. The average Bonchev–Trinajstić information content (AvgIpc) is 2.80. The molecule has 3 rings (SSSR count). The Labute approximate surface area is 213 Å². The van der Waals surface area contributed by atoms with Gasteiger partial charge in [-0.05, 0) is 44.9 Å². The van der Waals surface area contributed by atoms with Crippen molar-refractivity contribution in [2.75, 3.05) is 30.3 Å². The molecule has 9 nitrogen and oxygen atoms in total. The summed E-state index contributed by atoms with van der Waals surface area (Å²) in [6.07, 6.45) is 1.41. The van der Waals surface area contributed by atoms with Crippen LogP contribution in [-0.2, 0) is 26.2 Å². The Balaban J connectivity index is 1.95. The number of hydrogen-bond donors (Lipinski definition) is 1. The minimum atomic E-state index is -3.84. The van der Waals surface area contributed by atoms with Gasteiger partial charge in [-0.25, -0.2) is 8.42 Å². The smallest absolute Gasteiger partial charge is 0.244 e. The molecule has 0 spiro atoms. The fraction of sp³-hybridized carbons (Fsp3) is 0.462. The third-order valence-electron chi connectivity index (χ3n) is 5.57. The fourth-order valence-corrected chi connectivity index (χ4v) is 4.79. The Kier molecular flexibility index (Phi) is 8.50. The summed E-state index contributed by atoms with van der Waals surface area (Å²) in [7, 11) is -3.84. The summed E-state index contributed by atoms with van der Waals surface area (Å²) in [5.74, 6) is 0.145. The van der Waals surface area contributed by atoms with E-state index < -0.39 is 34.1 Å². The number of benzene rings is 2. The van der Waals surface area contributed by atoms with Gasteiger partial charge in [0, 0.05) is 18.2 Å². The van der Waals surface area contributed by atoms with Gasteiger partial charge in [0.05, 0.1) is 11.9 Å². The molecule has 1 heterocycles. The van der Waals surface area contributed by atoms with E-state index in [0.717, 1.165) is 16.1 Å². The molecule has 0 aliphatic carbocycles. The largest absolute Gasteiger partial charge is 0.486 e. The number of nitrogens with zero attached hydrogens (tertiary/aromatic N) is 2. The lowest BCUT2D eigenvalue weighted by Crippen LogP contribution is -2.55. The number of hydrogen-bond acceptors (Lipinski definition) is 6. The van der Waals surface area contributed by atoms with E-state index in [4.69, 9.17) is 9.47 Å². The first-order valence-electron chi connectivity index (χ1n) is 11.9. The molecule has 36 heavy (non-hydrogen) atoms. The molecule has 2 amide bonds. The molecule has 1 aliphatic rings. The van der Waals surface area contributed by atoms with Crippen LogP contribution in [0.3, 0.4) is 0 Å². The lowest BCUT2D eigenvalue weighted by atomic mass is 10.1. The van der Waals surface area contributed by atoms with Gasteiger partial charge in [0.25, 0.3) is 0 Å². The van der Waals surface area contributed by atoms with E-state index in [2.05, 4.69) is 5.32 Å². The van der Waals surface area contributed by atoms with Crippen molar-refractivity contribution in [3.05, 3.63) is 54.1 Å². The van der Waals surface area contributed by atoms with Crippen LogP contribution in [0.15, 0.2) is 48.5 Å². The van der Waals surface area contributed by atoms with Gasteiger partial charge in [0.2, 0.25) is 21.8 Å². The highest BCUT2D eigenvalue weighted by atomic mass is 32.2. The fourth-order valence-electron chi connectivity index (χ4n) is 3.95. The van der Waals surface area contributed by atoms with E-state index in [1.54, 1.807) is 18.2 Å². The number of rotatable bonds is 9. The predicted molar refractivity (Wildman–Crippen MR) is 139 cm³/mol. The van der Waals surface area contributed by atoms with Crippen molar-refractivity contribution in [2.45, 2.75) is 52.2 Å². The zero-order chi connectivity index (χ0) is 26.5. The summed E-state index contributed by atoms with van der Waals surface area (Å²) in [5.41, 5.74) is 0.621. The molecule has 0 saturated heterocycles. The normalized spacial score (nSPS) is 14.0. The summed E-state index contributed by atoms with van der Waals surface area (Å²) in [5, 5.41) is 2.95. The summed E-state index contributed by atoms with van der Waals surface area (Å²) < 4.78 is 37.7. The number of amides is 2. The maximum atomic E-state index is 13.7. The van der Waals surface area contributed by atoms with E-state index in [9.17, 15) is 18.0 Å². The average molecular weight is 518 g/mol. The van der Waals surface area contributed by atoms with Crippen LogP contribution in [-0.4, -0.2) is 62.7 Å². The van der Waals surface area contributed by atoms with Crippen LogP contribution in [0.4, 0.5) is 5.69 Å². The van der Waals surface area contributed by atoms with Gasteiger partial charge >= 0.3 is 0 Å². The molecule has 0 bridgehead atoms. The highest BCUT2D eigenvalue weighted by Gasteiger charge is 2.33. The molecule has 10 heteroatoms. The molecule has 0 fully saturated rings. The van der Waals surface area contributed by atoms with Crippen LogP contribution in [0, 0.1) is 0 Å². The van der Waals surface area contributed by atoms with Gasteiger partial charge in [-0.3, -0.25) is 13.9 Å². The van der Waals surface area contributed by atoms with Gasteiger partial charge in [0.15, 0.2) is 11.5 Å². The van der Waals surface area contributed by atoms with Crippen LogP contribution in [0.25, 0.3) is 0 Å². The van der Waals surface area contributed by atoms with Crippen molar-refractivity contribution in [2.24, 2.45) is 0 Å². The van der Waals surface area contributed by atoms with Crippen LogP contribution >= 0.6 is 0 Å². The lowest BCUT2D eigenvalue weighted by Gasteiger charge is -2.34. The van der Waals surface area contributed by atoms with Crippen LogP contribution in [0.2, 0.25) is 0 Å². The van der Waals surface area contributed by atoms with Crippen molar-refractivity contribution < 1.29 is 27.5 Å². The quantitative estimate of drug-likeness (QED) is 0.548. The molecule has 2 aromatic carbocycles. The van der Waals surface area contributed by atoms with Crippen LogP contribution < -0.4 is 19.1 Å². The first-order valence-corrected chi connectivity index (χ1v) is 13.8. The maximum absolute atomic E-state index is 13.7. The van der Waals surface area contributed by atoms with Gasteiger partial charge < -0.3 is 19.7 Å². The Bertz CT molecular complexity index is 1180. The van der Waals surface area contributed by atoms with E-state index >= 15 is 0 Å². The summed E-state index contributed by atoms with van der Waals surface area (Å²) >= 11 is 0. The molecular formula is C26H35N3O6S. The summed E-state index contributed by atoms with van der Waals surface area (Å²) in [6.45, 7) is 7.88. The van der Waals surface area contributed by atoms with Gasteiger partial charge in [-0.15, -0.1) is 0 Å². The van der Waals surface area contributed by atoms with E-state index in [0.29, 0.717) is 31.1 Å².